The Kier molecular flexibility index (Phi) is 7.85. The lowest BCUT2D eigenvalue weighted by Crippen LogP contribution is -2.12. The summed E-state index contributed by atoms with van der Waals surface area (Å²) in [5.74, 6) is 0.712. The molecule has 0 unspecified atom stereocenters. The number of unbranched alkanes of at least 4 members (excludes halogenated alkanes) is 3. The van der Waals surface area contributed by atoms with Crippen molar-refractivity contribution in [3.63, 3.8) is 0 Å². The van der Waals surface area contributed by atoms with Crippen LogP contribution >= 0.6 is 23.4 Å². The van der Waals surface area contributed by atoms with Gasteiger partial charge in [0, 0.05) is 21.4 Å². The Labute approximate surface area is 156 Å². The van der Waals surface area contributed by atoms with Gasteiger partial charge < -0.3 is 9.15 Å². The normalized spacial score (nSPS) is 11.2. The number of esters is 1. The fourth-order valence-corrected chi connectivity index (χ4v) is 3.54. The topological polar surface area (TPSA) is 56.5 Å². The number of rotatable bonds is 9. The van der Waals surface area contributed by atoms with Gasteiger partial charge in [0.25, 0.3) is 0 Å². The molecule has 0 aliphatic heterocycles. The summed E-state index contributed by atoms with van der Waals surface area (Å²) in [5, 5.41) is 1.50. The largest absolute Gasteiger partial charge is 0.465 e. The zero-order valence-electron chi connectivity index (χ0n) is 14.5. The molecule has 0 N–H and O–H groups in total. The van der Waals surface area contributed by atoms with Crippen LogP contribution in [0.1, 0.15) is 39.5 Å². The van der Waals surface area contributed by atoms with Crippen molar-refractivity contribution in [3.05, 3.63) is 39.7 Å². The molecule has 1 aromatic carbocycles. The molecule has 0 spiro atoms. The average Bonchev–Trinajstić information content (AvgIpc) is 2.57. The summed E-state index contributed by atoms with van der Waals surface area (Å²) in [6.07, 6.45) is 4.00. The number of hydrogen-bond acceptors (Lipinski definition) is 5. The quantitative estimate of drug-likeness (QED) is 0.255. The molecule has 0 fully saturated rings. The molecule has 0 saturated heterocycles. The Hall–Kier alpha value is -1.46. The van der Waals surface area contributed by atoms with E-state index in [-0.39, 0.29) is 17.5 Å². The molecular weight excluding hydrogens is 360 g/mol. The second-order valence-corrected chi connectivity index (χ2v) is 7.73. The van der Waals surface area contributed by atoms with Crippen molar-refractivity contribution >= 4 is 40.3 Å². The summed E-state index contributed by atoms with van der Waals surface area (Å²) in [6.45, 7) is 4.16. The van der Waals surface area contributed by atoms with Crippen molar-refractivity contribution in [2.75, 3.05) is 12.4 Å². The number of hydrogen-bond donors (Lipinski definition) is 0. The van der Waals surface area contributed by atoms with Gasteiger partial charge in [0.05, 0.1) is 12.5 Å². The summed E-state index contributed by atoms with van der Waals surface area (Å²) >= 11 is 7.68. The molecule has 0 radical (unpaired) electrons. The fraction of sp³-hybridized carbons (Fsp3) is 0.474. The van der Waals surface area contributed by atoms with E-state index in [4.69, 9.17) is 20.8 Å². The minimum absolute atomic E-state index is 0.0664. The SMILES string of the molecule is CC(C)C(=O)OCCCCCCSc1cc(=O)oc2ccc(Cl)cc12. The van der Waals surface area contributed by atoms with E-state index in [1.165, 1.54) is 6.07 Å². The van der Waals surface area contributed by atoms with Gasteiger partial charge in [-0.15, -0.1) is 11.8 Å². The highest BCUT2D eigenvalue weighted by atomic mass is 35.5. The monoisotopic (exact) mass is 382 g/mol. The van der Waals surface area contributed by atoms with E-state index in [2.05, 4.69) is 0 Å². The summed E-state index contributed by atoms with van der Waals surface area (Å²) in [7, 11) is 0. The number of ether oxygens (including phenoxy) is 1. The summed E-state index contributed by atoms with van der Waals surface area (Å²) in [4.78, 5) is 23.9. The highest BCUT2D eigenvalue weighted by Gasteiger charge is 2.08. The van der Waals surface area contributed by atoms with Crippen LogP contribution < -0.4 is 5.63 Å². The molecule has 1 aromatic heterocycles. The first kappa shape index (κ1) is 19.9. The van der Waals surface area contributed by atoms with Crippen LogP contribution in [-0.4, -0.2) is 18.3 Å². The van der Waals surface area contributed by atoms with Crippen LogP contribution in [-0.2, 0) is 9.53 Å². The lowest BCUT2D eigenvalue weighted by Gasteiger charge is -2.07. The zero-order valence-corrected chi connectivity index (χ0v) is 16.1. The van der Waals surface area contributed by atoms with E-state index in [0.717, 1.165) is 41.7 Å². The molecule has 0 atom stereocenters. The maximum atomic E-state index is 11.6. The van der Waals surface area contributed by atoms with Gasteiger partial charge >= 0.3 is 11.6 Å². The lowest BCUT2D eigenvalue weighted by molar-refractivity contribution is -0.147. The molecule has 0 bridgehead atoms. The number of carbonyl (C=O) groups excluding carboxylic acids is 1. The second kappa shape index (κ2) is 9.88. The molecule has 0 saturated carbocycles. The minimum Gasteiger partial charge on any atom is -0.465 e. The van der Waals surface area contributed by atoms with Gasteiger partial charge in [-0.2, -0.15) is 0 Å². The van der Waals surface area contributed by atoms with Crippen molar-refractivity contribution in [1.29, 1.82) is 0 Å². The Morgan fingerprint density at radius 3 is 2.72 bits per heavy atom. The Morgan fingerprint density at radius 1 is 1.20 bits per heavy atom. The third kappa shape index (κ3) is 6.40. The van der Waals surface area contributed by atoms with E-state index in [1.807, 2.05) is 19.9 Å². The van der Waals surface area contributed by atoms with Gasteiger partial charge in [0.2, 0.25) is 0 Å². The molecule has 2 aromatic rings. The summed E-state index contributed by atoms with van der Waals surface area (Å²) < 4.78 is 10.3. The molecule has 2 rings (SSSR count). The first-order valence-corrected chi connectivity index (χ1v) is 9.86. The van der Waals surface area contributed by atoms with Crippen molar-refractivity contribution < 1.29 is 13.9 Å². The number of thioether (sulfide) groups is 1. The van der Waals surface area contributed by atoms with Crippen molar-refractivity contribution in [2.45, 2.75) is 44.4 Å². The third-order valence-corrected chi connectivity index (χ3v) is 5.06. The van der Waals surface area contributed by atoms with Crippen LogP contribution in [0.4, 0.5) is 0 Å². The Bertz CT molecular complexity index is 770. The van der Waals surface area contributed by atoms with E-state index in [9.17, 15) is 9.59 Å². The Balaban J connectivity index is 1.74. The van der Waals surface area contributed by atoms with Gasteiger partial charge in [-0.05, 0) is 36.8 Å². The molecule has 0 aliphatic carbocycles. The standard InChI is InChI=1S/C19H23ClO4S/c1-13(2)19(22)23-9-5-3-4-6-10-25-17-12-18(21)24-16-8-7-14(20)11-15(16)17/h7-8,11-13H,3-6,9-10H2,1-2H3. The predicted octanol–water partition coefficient (Wildman–Crippen LogP) is 5.30. The smallest absolute Gasteiger partial charge is 0.337 e. The summed E-state index contributed by atoms with van der Waals surface area (Å²) in [5.41, 5.74) is 0.218. The van der Waals surface area contributed by atoms with E-state index in [0.29, 0.717) is 17.2 Å². The number of fused-ring (bicyclic) bond motifs is 1. The van der Waals surface area contributed by atoms with E-state index >= 15 is 0 Å². The van der Waals surface area contributed by atoms with E-state index in [1.54, 1.807) is 23.9 Å². The van der Waals surface area contributed by atoms with Crippen LogP contribution in [0.3, 0.4) is 0 Å². The summed E-state index contributed by atoms with van der Waals surface area (Å²) in [6, 6.07) is 6.79. The highest BCUT2D eigenvalue weighted by molar-refractivity contribution is 7.99. The van der Waals surface area contributed by atoms with Crippen LogP contribution in [0.15, 0.2) is 38.4 Å². The van der Waals surface area contributed by atoms with Crippen LogP contribution in [0.25, 0.3) is 11.0 Å². The maximum absolute atomic E-state index is 11.6. The van der Waals surface area contributed by atoms with Crippen LogP contribution in [0.2, 0.25) is 5.02 Å². The van der Waals surface area contributed by atoms with Gasteiger partial charge in [0.1, 0.15) is 5.58 Å². The van der Waals surface area contributed by atoms with Crippen molar-refractivity contribution in [2.24, 2.45) is 5.92 Å². The zero-order chi connectivity index (χ0) is 18.2. The molecular formula is C19H23ClO4S. The maximum Gasteiger partial charge on any atom is 0.337 e. The first-order valence-electron chi connectivity index (χ1n) is 8.50. The number of benzene rings is 1. The highest BCUT2D eigenvalue weighted by Crippen LogP contribution is 2.29. The molecule has 136 valence electrons. The fourth-order valence-electron chi connectivity index (χ4n) is 2.31. The number of carbonyl (C=O) groups is 1. The lowest BCUT2D eigenvalue weighted by atomic mass is 10.2. The molecule has 4 nitrogen and oxygen atoms in total. The van der Waals surface area contributed by atoms with Crippen molar-refractivity contribution in [3.8, 4) is 0 Å². The number of halogens is 1. The van der Waals surface area contributed by atoms with Crippen molar-refractivity contribution in [1.82, 2.24) is 0 Å². The van der Waals surface area contributed by atoms with Crippen LogP contribution in [0, 0.1) is 5.92 Å². The second-order valence-electron chi connectivity index (χ2n) is 6.16. The average molecular weight is 383 g/mol. The third-order valence-electron chi connectivity index (χ3n) is 3.68. The van der Waals surface area contributed by atoms with Gasteiger partial charge in [0.15, 0.2) is 0 Å². The molecule has 1 heterocycles. The minimum atomic E-state index is -0.343. The predicted molar refractivity (Wildman–Crippen MR) is 102 cm³/mol. The van der Waals surface area contributed by atoms with Gasteiger partial charge in [-0.1, -0.05) is 38.3 Å². The first-order chi connectivity index (χ1) is 12.0. The molecule has 25 heavy (non-hydrogen) atoms. The van der Waals surface area contributed by atoms with Crippen LogP contribution in [0.5, 0.6) is 0 Å². The molecule has 0 aliphatic rings. The van der Waals surface area contributed by atoms with Gasteiger partial charge in [-0.3, -0.25) is 4.79 Å². The molecule has 6 heteroatoms. The molecule has 0 amide bonds. The van der Waals surface area contributed by atoms with Gasteiger partial charge in [-0.25, -0.2) is 4.79 Å². The Morgan fingerprint density at radius 2 is 1.96 bits per heavy atom. The van der Waals surface area contributed by atoms with E-state index < -0.39 is 0 Å².